The van der Waals surface area contributed by atoms with Gasteiger partial charge in [-0.1, -0.05) is 19.8 Å². The maximum atomic E-state index is 13.3. The molecule has 0 spiro atoms. The van der Waals surface area contributed by atoms with Crippen LogP contribution in [-0.4, -0.2) is 40.9 Å². The van der Waals surface area contributed by atoms with E-state index in [0.717, 1.165) is 54.8 Å². The number of carbonyl (C=O) groups is 2. The molecule has 3 rings (SSSR count). The number of aryl methyl sites for hydroxylation is 1. The first kappa shape index (κ1) is 20.6. The minimum Gasteiger partial charge on any atom is -0.356 e. The average Bonchev–Trinajstić information content (AvgIpc) is 3.33. The van der Waals surface area contributed by atoms with Crippen LogP contribution in [0, 0.1) is 19.8 Å². The zero-order valence-electron chi connectivity index (χ0n) is 17.2. The SMILES string of the molecule is CCCCCNC(=O)C1CCN(C(=O)c2c(-n3cccc3)sc(C)c2C)CC1. The van der Waals surface area contributed by atoms with Crippen LogP contribution in [0.2, 0.25) is 0 Å². The summed E-state index contributed by atoms with van der Waals surface area (Å²) < 4.78 is 2.02. The molecule has 0 bridgehead atoms. The Morgan fingerprint density at radius 2 is 1.82 bits per heavy atom. The van der Waals surface area contributed by atoms with Crippen LogP contribution in [0.15, 0.2) is 24.5 Å². The fourth-order valence-electron chi connectivity index (χ4n) is 3.75. The van der Waals surface area contributed by atoms with E-state index in [1.807, 2.05) is 40.9 Å². The van der Waals surface area contributed by atoms with Crippen molar-refractivity contribution in [2.45, 2.75) is 52.9 Å². The predicted molar refractivity (Wildman–Crippen MR) is 114 cm³/mol. The summed E-state index contributed by atoms with van der Waals surface area (Å²) in [7, 11) is 0. The van der Waals surface area contributed by atoms with Gasteiger partial charge in [-0.05, 0) is 50.8 Å². The fourth-order valence-corrected chi connectivity index (χ4v) is 4.86. The van der Waals surface area contributed by atoms with Crippen molar-refractivity contribution in [1.82, 2.24) is 14.8 Å². The second-order valence-electron chi connectivity index (χ2n) is 7.62. The van der Waals surface area contributed by atoms with Gasteiger partial charge in [0.05, 0.1) is 5.56 Å². The second kappa shape index (κ2) is 9.41. The van der Waals surface area contributed by atoms with Crippen LogP contribution in [0.3, 0.4) is 0 Å². The van der Waals surface area contributed by atoms with Gasteiger partial charge in [-0.15, -0.1) is 11.3 Å². The van der Waals surface area contributed by atoms with Crippen molar-refractivity contribution in [3.63, 3.8) is 0 Å². The van der Waals surface area contributed by atoms with E-state index in [1.165, 1.54) is 4.88 Å². The summed E-state index contributed by atoms with van der Waals surface area (Å²) in [5.74, 6) is 0.269. The lowest BCUT2D eigenvalue weighted by Gasteiger charge is -2.31. The molecule has 0 unspecified atom stereocenters. The van der Waals surface area contributed by atoms with E-state index in [-0.39, 0.29) is 17.7 Å². The molecule has 0 aliphatic carbocycles. The van der Waals surface area contributed by atoms with Crippen molar-refractivity contribution in [3.05, 3.63) is 40.5 Å². The Labute approximate surface area is 171 Å². The Morgan fingerprint density at radius 1 is 1.14 bits per heavy atom. The van der Waals surface area contributed by atoms with Crippen LogP contribution >= 0.6 is 11.3 Å². The minimum absolute atomic E-state index is 0.0277. The number of nitrogens with one attached hydrogen (secondary N) is 1. The Kier molecular flexibility index (Phi) is 6.94. The van der Waals surface area contributed by atoms with Crippen molar-refractivity contribution in [2.75, 3.05) is 19.6 Å². The number of nitrogens with zero attached hydrogens (tertiary/aromatic N) is 2. The van der Waals surface area contributed by atoms with E-state index in [0.29, 0.717) is 13.1 Å². The van der Waals surface area contributed by atoms with Gasteiger partial charge in [0.15, 0.2) is 0 Å². The highest BCUT2D eigenvalue weighted by Crippen LogP contribution is 2.33. The molecule has 0 radical (unpaired) electrons. The van der Waals surface area contributed by atoms with Gasteiger partial charge < -0.3 is 14.8 Å². The minimum atomic E-state index is 0.0277. The molecule has 5 nitrogen and oxygen atoms in total. The highest BCUT2D eigenvalue weighted by molar-refractivity contribution is 7.15. The zero-order valence-corrected chi connectivity index (χ0v) is 18.0. The van der Waals surface area contributed by atoms with Crippen molar-refractivity contribution in [3.8, 4) is 5.00 Å². The molecule has 0 atom stereocenters. The number of thiophene rings is 1. The van der Waals surface area contributed by atoms with Crippen LogP contribution in [0.4, 0.5) is 0 Å². The third-order valence-electron chi connectivity index (χ3n) is 5.65. The molecule has 1 N–H and O–H groups in total. The summed E-state index contributed by atoms with van der Waals surface area (Å²) in [5.41, 5.74) is 1.87. The van der Waals surface area contributed by atoms with Crippen LogP contribution in [0.25, 0.3) is 5.00 Å². The summed E-state index contributed by atoms with van der Waals surface area (Å²) in [6.07, 6.45) is 8.80. The molecule has 6 heteroatoms. The summed E-state index contributed by atoms with van der Waals surface area (Å²) in [6.45, 7) is 8.31. The number of unbranched alkanes of at least 4 members (excludes halogenated alkanes) is 2. The van der Waals surface area contributed by atoms with Gasteiger partial charge in [-0.3, -0.25) is 9.59 Å². The van der Waals surface area contributed by atoms with Crippen molar-refractivity contribution < 1.29 is 9.59 Å². The van der Waals surface area contributed by atoms with E-state index in [2.05, 4.69) is 19.2 Å². The zero-order chi connectivity index (χ0) is 20.1. The molecule has 2 amide bonds. The monoisotopic (exact) mass is 401 g/mol. The third-order valence-corrected chi connectivity index (χ3v) is 6.87. The molecular formula is C22H31N3O2S. The maximum Gasteiger partial charge on any atom is 0.257 e. The number of piperidine rings is 1. The summed E-state index contributed by atoms with van der Waals surface area (Å²) in [6, 6.07) is 3.95. The van der Waals surface area contributed by atoms with Gasteiger partial charge in [0.1, 0.15) is 5.00 Å². The van der Waals surface area contributed by atoms with Crippen LogP contribution in [-0.2, 0) is 4.79 Å². The smallest absolute Gasteiger partial charge is 0.257 e. The molecule has 3 heterocycles. The summed E-state index contributed by atoms with van der Waals surface area (Å²) >= 11 is 1.66. The highest BCUT2D eigenvalue weighted by Gasteiger charge is 2.30. The highest BCUT2D eigenvalue weighted by atomic mass is 32.1. The summed E-state index contributed by atoms with van der Waals surface area (Å²) in [4.78, 5) is 28.7. The van der Waals surface area contributed by atoms with Gasteiger partial charge >= 0.3 is 0 Å². The van der Waals surface area contributed by atoms with E-state index in [4.69, 9.17) is 0 Å². The fraction of sp³-hybridized carbons (Fsp3) is 0.545. The first-order chi connectivity index (χ1) is 13.5. The number of hydrogen-bond donors (Lipinski definition) is 1. The van der Waals surface area contributed by atoms with Crippen LogP contribution < -0.4 is 5.32 Å². The lowest BCUT2D eigenvalue weighted by atomic mass is 9.95. The first-order valence-electron chi connectivity index (χ1n) is 10.3. The average molecular weight is 402 g/mol. The number of carbonyl (C=O) groups excluding carboxylic acids is 2. The number of amides is 2. The van der Waals surface area contributed by atoms with Crippen LogP contribution in [0.5, 0.6) is 0 Å². The lowest BCUT2D eigenvalue weighted by molar-refractivity contribution is -0.126. The molecule has 0 aromatic carbocycles. The molecule has 152 valence electrons. The van der Waals surface area contributed by atoms with Crippen molar-refractivity contribution >= 4 is 23.2 Å². The molecule has 1 aliphatic heterocycles. The second-order valence-corrected chi connectivity index (χ2v) is 8.82. The van der Waals surface area contributed by atoms with E-state index in [9.17, 15) is 9.59 Å². The van der Waals surface area contributed by atoms with Gasteiger partial charge in [0, 0.05) is 42.8 Å². The largest absolute Gasteiger partial charge is 0.356 e. The van der Waals surface area contributed by atoms with E-state index >= 15 is 0 Å². The lowest BCUT2D eigenvalue weighted by Crippen LogP contribution is -2.43. The maximum absolute atomic E-state index is 13.3. The first-order valence-corrected chi connectivity index (χ1v) is 11.1. The quantitative estimate of drug-likeness (QED) is 0.703. The van der Waals surface area contributed by atoms with Crippen LogP contribution in [0.1, 0.15) is 59.8 Å². The number of likely N-dealkylation sites (tertiary alicyclic amines) is 1. The molecule has 2 aromatic rings. The van der Waals surface area contributed by atoms with E-state index in [1.54, 1.807) is 11.3 Å². The molecule has 2 aromatic heterocycles. The number of hydrogen-bond acceptors (Lipinski definition) is 3. The van der Waals surface area contributed by atoms with Gasteiger partial charge in [-0.25, -0.2) is 0 Å². The van der Waals surface area contributed by atoms with Crippen molar-refractivity contribution in [1.29, 1.82) is 0 Å². The van der Waals surface area contributed by atoms with Crippen molar-refractivity contribution in [2.24, 2.45) is 5.92 Å². The Morgan fingerprint density at radius 3 is 2.46 bits per heavy atom. The number of rotatable bonds is 7. The summed E-state index contributed by atoms with van der Waals surface area (Å²) in [5, 5.41) is 4.05. The Bertz CT molecular complexity index is 802. The van der Waals surface area contributed by atoms with Gasteiger partial charge in [0.2, 0.25) is 5.91 Å². The molecular weight excluding hydrogens is 370 g/mol. The molecule has 28 heavy (non-hydrogen) atoms. The molecule has 0 saturated carbocycles. The molecule has 1 saturated heterocycles. The normalized spacial score (nSPS) is 15.0. The van der Waals surface area contributed by atoms with Gasteiger partial charge in [0.25, 0.3) is 5.91 Å². The van der Waals surface area contributed by atoms with E-state index < -0.39 is 0 Å². The topological polar surface area (TPSA) is 54.3 Å². The Balaban J connectivity index is 1.63. The Hall–Kier alpha value is -2.08. The standard InChI is InChI=1S/C22H31N3O2S/c1-4-5-6-11-23-20(26)18-9-14-24(15-10-18)21(27)19-16(2)17(3)28-22(19)25-12-7-8-13-25/h7-8,12-13,18H,4-6,9-11,14-15H2,1-3H3,(H,23,26). The predicted octanol–water partition coefficient (Wildman–Crippen LogP) is 4.31. The molecule has 1 aliphatic rings. The number of aromatic nitrogens is 1. The van der Waals surface area contributed by atoms with Gasteiger partial charge in [-0.2, -0.15) is 0 Å². The molecule has 1 fully saturated rings. The third kappa shape index (κ3) is 4.49.